The summed E-state index contributed by atoms with van der Waals surface area (Å²) < 4.78 is 0. The van der Waals surface area contributed by atoms with Crippen LogP contribution in [0.4, 0.5) is 4.70 Å². The molecular formula is H8BFMgO4. The van der Waals surface area contributed by atoms with Crippen molar-refractivity contribution in [3.05, 3.63) is 0 Å². The Kier molecular flexibility index (Phi) is 58.3. The zero-order valence-electron chi connectivity index (χ0n) is 5.53. The summed E-state index contributed by atoms with van der Waals surface area (Å²) in [6.45, 7) is 0. The van der Waals surface area contributed by atoms with Gasteiger partial charge in [-0.3, -0.25) is 4.70 Å². The van der Waals surface area contributed by atoms with Crippen molar-refractivity contribution in [2.24, 2.45) is 0 Å². The summed E-state index contributed by atoms with van der Waals surface area (Å²) in [6, 6.07) is 0. The SMILES string of the molecule is F.O.OB(O)O.[H-].[H-].[Mg+2]. The normalized spacial score (nSPS) is 3.86. The fourth-order valence-corrected chi connectivity index (χ4v) is 0. The van der Waals surface area contributed by atoms with Crippen LogP contribution in [0, 0.1) is 0 Å². The van der Waals surface area contributed by atoms with E-state index < -0.39 is 7.32 Å². The van der Waals surface area contributed by atoms with Crippen molar-refractivity contribution in [3.8, 4) is 0 Å². The monoisotopic (exact) mass is 126 g/mol. The molecule has 0 aliphatic carbocycles. The van der Waals surface area contributed by atoms with Crippen LogP contribution in [0.15, 0.2) is 0 Å². The summed E-state index contributed by atoms with van der Waals surface area (Å²) in [6.07, 6.45) is 0. The Morgan fingerprint density at radius 2 is 1.14 bits per heavy atom. The fourth-order valence-electron chi connectivity index (χ4n) is 0. The first-order valence-corrected chi connectivity index (χ1v) is 0.775. The largest absolute Gasteiger partial charge is 2.00 e. The predicted molar refractivity (Wildman–Crippen MR) is 26.5 cm³/mol. The molecule has 0 aliphatic heterocycles. The third-order valence-electron chi connectivity index (χ3n) is 0. The molecule has 0 aliphatic rings. The average molecular weight is 126 g/mol. The Labute approximate surface area is 59.1 Å². The van der Waals surface area contributed by atoms with Crippen LogP contribution in [0.2, 0.25) is 0 Å². The molecule has 0 aromatic carbocycles. The van der Waals surface area contributed by atoms with Crippen molar-refractivity contribution in [1.29, 1.82) is 0 Å². The molecular weight excluding hydrogens is 118 g/mol. The van der Waals surface area contributed by atoms with Gasteiger partial charge in [-0.05, 0) is 0 Å². The number of hydrogen-bond acceptors (Lipinski definition) is 3. The van der Waals surface area contributed by atoms with Crippen molar-refractivity contribution in [1.82, 2.24) is 0 Å². The molecule has 0 heterocycles. The number of hydrogen-bond donors (Lipinski definition) is 3. The van der Waals surface area contributed by atoms with Crippen molar-refractivity contribution < 1.29 is 28.1 Å². The van der Waals surface area contributed by atoms with Gasteiger partial charge in [0.05, 0.1) is 0 Å². The van der Waals surface area contributed by atoms with Gasteiger partial charge in [-0.15, -0.1) is 0 Å². The van der Waals surface area contributed by atoms with Crippen molar-refractivity contribution in [2.75, 3.05) is 0 Å². The van der Waals surface area contributed by atoms with E-state index in [4.69, 9.17) is 15.1 Å². The van der Waals surface area contributed by atoms with Crippen LogP contribution in [0.5, 0.6) is 0 Å². The molecule has 0 rings (SSSR count). The first-order chi connectivity index (χ1) is 1.73. The molecule has 0 saturated carbocycles. The van der Waals surface area contributed by atoms with Gasteiger partial charge in [0.25, 0.3) is 0 Å². The molecule has 44 valence electrons. The summed E-state index contributed by atoms with van der Waals surface area (Å²) in [5.41, 5.74) is 0. The molecule has 0 aromatic rings. The van der Waals surface area contributed by atoms with E-state index in [0.29, 0.717) is 0 Å². The van der Waals surface area contributed by atoms with Gasteiger partial charge in [0.2, 0.25) is 0 Å². The molecule has 0 atom stereocenters. The van der Waals surface area contributed by atoms with Crippen LogP contribution >= 0.6 is 0 Å². The summed E-state index contributed by atoms with van der Waals surface area (Å²) in [4.78, 5) is 0. The van der Waals surface area contributed by atoms with Crippen LogP contribution in [-0.4, -0.2) is 50.9 Å². The Hall–Kier alpha value is 0.601. The van der Waals surface area contributed by atoms with Crippen molar-refractivity contribution >= 4 is 30.4 Å². The van der Waals surface area contributed by atoms with Crippen LogP contribution in [0.3, 0.4) is 0 Å². The van der Waals surface area contributed by atoms with Gasteiger partial charge in [-0.2, -0.15) is 0 Å². The second-order valence-electron chi connectivity index (χ2n) is 0.346. The summed E-state index contributed by atoms with van der Waals surface area (Å²) in [7, 11) is -2.17. The predicted octanol–water partition coefficient (Wildman–Crippen LogP) is -2.88. The van der Waals surface area contributed by atoms with Crippen molar-refractivity contribution in [2.45, 2.75) is 0 Å². The third-order valence-corrected chi connectivity index (χ3v) is 0. The van der Waals surface area contributed by atoms with Gasteiger partial charge >= 0.3 is 30.4 Å². The number of rotatable bonds is 0. The molecule has 7 heteroatoms. The maximum Gasteiger partial charge on any atom is 2.00 e. The maximum absolute atomic E-state index is 7.17. The van der Waals surface area contributed by atoms with E-state index in [1.54, 1.807) is 0 Å². The minimum Gasteiger partial charge on any atom is -1.00 e. The van der Waals surface area contributed by atoms with Gasteiger partial charge in [-0.25, -0.2) is 0 Å². The molecule has 7 heavy (non-hydrogen) atoms. The van der Waals surface area contributed by atoms with Crippen LogP contribution in [0.25, 0.3) is 0 Å². The van der Waals surface area contributed by atoms with E-state index in [1.165, 1.54) is 0 Å². The first kappa shape index (κ1) is 25.5. The second kappa shape index (κ2) is 16.0. The molecule has 0 bridgehead atoms. The molecule has 0 unspecified atom stereocenters. The topological polar surface area (TPSA) is 92.2 Å². The summed E-state index contributed by atoms with van der Waals surface area (Å²) >= 11 is 0. The van der Waals surface area contributed by atoms with Crippen LogP contribution in [-0.2, 0) is 0 Å². The zero-order valence-corrected chi connectivity index (χ0v) is 4.95. The Morgan fingerprint density at radius 3 is 1.14 bits per heavy atom. The van der Waals surface area contributed by atoms with Gasteiger partial charge in [0.1, 0.15) is 0 Å². The second-order valence-corrected chi connectivity index (χ2v) is 0.346. The average Bonchev–Trinajstić information content (AvgIpc) is 0.811. The Bertz CT molecular complexity index is 23.3. The van der Waals surface area contributed by atoms with Gasteiger partial charge in [0, 0.05) is 0 Å². The summed E-state index contributed by atoms with van der Waals surface area (Å²) in [5.74, 6) is 0. The Morgan fingerprint density at radius 1 is 1.14 bits per heavy atom. The first-order valence-electron chi connectivity index (χ1n) is 0.775. The van der Waals surface area contributed by atoms with E-state index in [-0.39, 0.29) is 36.1 Å². The molecule has 0 saturated heterocycles. The number of halogens is 1. The van der Waals surface area contributed by atoms with E-state index in [0.717, 1.165) is 0 Å². The molecule has 0 radical (unpaired) electrons. The van der Waals surface area contributed by atoms with Crippen LogP contribution in [0.1, 0.15) is 2.85 Å². The quantitative estimate of drug-likeness (QED) is 0.304. The summed E-state index contributed by atoms with van der Waals surface area (Å²) in [5, 5.41) is 21.5. The fraction of sp³-hybridized carbons (Fsp3) is 0. The minimum absolute atomic E-state index is 0. The smallest absolute Gasteiger partial charge is 1.00 e. The third kappa shape index (κ3) is 387. The van der Waals surface area contributed by atoms with Gasteiger partial charge in [-0.1, -0.05) is 0 Å². The molecule has 0 spiro atoms. The maximum atomic E-state index is 7.17. The van der Waals surface area contributed by atoms with Gasteiger partial charge in [0.15, 0.2) is 0 Å². The molecule has 0 fully saturated rings. The van der Waals surface area contributed by atoms with E-state index >= 15 is 0 Å². The Balaban J connectivity index is -0.00000000450. The van der Waals surface area contributed by atoms with Gasteiger partial charge < -0.3 is 23.4 Å². The van der Waals surface area contributed by atoms with E-state index in [9.17, 15) is 0 Å². The minimum atomic E-state index is -2.17. The zero-order chi connectivity index (χ0) is 3.58. The molecule has 4 nitrogen and oxygen atoms in total. The van der Waals surface area contributed by atoms with E-state index in [2.05, 4.69) is 0 Å². The molecule has 5 N–H and O–H groups in total. The van der Waals surface area contributed by atoms with Crippen LogP contribution < -0.4 is 0 Å². The van der Waals surface area contributed by atoms with E-state index in [1.807, 2.05) is 0 Å². The standard InChI is InChI=1S/BH3O3.FH.Mg.H2O.2H/c2-1(3)4;;;;;/h2-4H;1H;;1H2;;/q;;+2;;2*-1. The molecule has 0 amide bonds. The molecule has 0 aromatic heterocycles. The van der Waals surface area contributed by atoms with Crippen molar-refractivity contribution in [3.63, 3.8) is 0 Å².